The highest BCUT2D eigenvalue weighted by Gasteiger charge is 2.19. The lowest BCUT2D eigenvalue weighted by molar-refractivity contribution is 0.0926. The van der Waals surface area contributed by atoms with E-state index < -0.39 is 0 Å². The molecule has 0 spiro atoms. The molecule has 106 valence electrons. The first kappa shape index (κ1) is 14.0. The minimum atomic E-state index is -0.337. The van der Waals surface area contributed by atoms with E-state index in [2.05, 4.69) is 20.3 Å². The number of aromatic nitrogens is 4. The van der Waals surface area contributed by atoms with Crippen molar-refractivity contribution in [3.05, 3.63) is 46.7 Å². The summed E-state index contributed by atoms with van der Waals surface area (Å²) < 4.78 is 1.88. The summed E-state index contributed by atoms with van der Waals surface area (Å²) in [5.41, 5.74) is -0.157. The Bertz CT molecular complexity index is 626. The largest absolute Gasteiger partial charge is 0.341 e. The zero-order chi connectivity index (χ0) is 14.5. The van der Waals surface area contributed by atoms with Crippen LogP contribution in [0.5, 0.6) is 0 Å². The second-order valence-corrected chi connectivity index (χ2v) is 4.51. The van der Waals surface area contributed by atoms with Gasteiger partial charge in [-0.15, -0.1) is 0 Å². The van der Waals surface area contributed by atoms with Crippen LogP contribution in [-0.4, -0.2) is 25.4 Å². The first-order valence-electron chi connectivity index (χ1n) is 6.44. The van der Waals surface area contributed by atoms with Gasteiger partial charge in [0, 0.05) is 25.6 Å². The number of carbonyl (C=O) groups excluding carboxylic acids is 1. The zero-order valence-electron chi connectivity index (χ0n) is 11.5. The number of imidazole rings is 1. The van der Waals surface area contributed by atoms with Crippen LogP contribution in [0.2, 0.25) is 0 Å². The molecule has 0 aliphatic rings. The van der Waals surface area contributed by atoms with Gasteiger partial charge in [0.2, 0.25) is 0 Å². The minimum Gasteiger partial charge on any atom is -0.341 e. The molecule has 0 aromatic carbocycles. The van der Waals surface area contributed by atoms with Crippen molar-refractivity contribution in [1.29, 1.82) is 0 Å². The van der Waals surface area contributed by atoms with Crippen LogP contribution in [0.25, 0.3) is 0 Å². The van der Waals surface area contributed by atoms with Crippen molar-refractivity contribution in [2.24, 2.45) is 7.05 Å². The average Bonchev–Trinajstić information content (AvgIpc) is 2.85. The third-order valence-corrected chi connectivity index (χ3v) is 2.96. The molecule has 20 heavy (non-hydrogen) atoms. The second-order valence-electron chi connectivity index (χ2n) is 4.51. The van der Waals surface area contributed by atoms with Crippen LogP contribution < -0.4 is 10.9 Å². The number of rotatable bonds is 5. The fourth-order valence-corrected chi connectivity index (χ4v) is 1.97. The monoisotopic (exact) mass is 275 g/mol. The number of aromatic amines is 1. The molecule has 2 aromatic rings. The molecule has 0 radical (unpaired) electrons. The van der Waals surface area contributed by atoms with E-state index in [-0.39, 0.29) is 23.2 Å². The van der Waals surface area contributed by atoms with E-state index in [0.29, 0.717) is 0 Å². The summed E-state index contributed by atoms with van der Waals surface area (Å²) >= 11 is 0. The van der Waals surface area contributed by atoms with Crippen LogP contribution in [0.4, 0.5) is 0 Å². The molecular weight excluding hydrogens is 258 g/mol. The molecule has 0 fully saturated rings. The summed E-state index contributed by atoms with van der Waals surface area (Å²) in [4.78, 5) is 33.6. The van der Waals surface area contributed by atoms with Crippen molar-refractivity contribution in [2.45, 2.75) is 25.8 Å². The molecule has 1 amide bonds. The molecule has 0 saturated heterocycles. The Balaban J connectivity index is 2.16. The summed E-state index contributed by atoms with van der Waals surface area (Å²) in [7, 11) is 1.88. The number of carbonyl (C=O) groups is 1. The summed E-state index contributed by atoms with van der Waals surface area (Å²) in [5.74, 6) is 0.465. The normalized spacial score (nSPS) is 12.1. The molecule has 7 nitrogen and oxygen atoms in total. The molecular formula is C13H17N5O2. The Kier molecular flexibility index (Phi) is 4.29. The van der Waals surface area contributed by atoms with E-state index >= 15 is 0 Å². The molecule has 0 bridgehead atoms. The van der Waals surface area contributed by atoms with Crippen molar-refractivity contribution in [3.63, 3.8) is 0 Å². The van der Waals surface area contributed by atoms with Crippen molar-refractivity contribution in [1.82, 2.24) is 24.8 Å². The predicted octanol–water partition coefficient (Wildman–Crippen LogP) is 0.775. The van der Waals surface area contributed by atoms with Crippen LogP contribution in [-0.2, 0) is 7.05 Å². The van der Waals surface area contributed by atoms with E-state index in [1.165, 1.54) is 6.20 Å². The molecule has 0 unspecified atom stereocenters. The lowest BCUT2D eigenvalue weighted by Gasteiger charge is -2.17. The molecule has 2 heterocycles. The molecule has 0 aliphatic carbocycles. The number of aryl methyl sites for hydroxylation is 1. The van der Waals surface area contributed by atoms with Gasteiger partial charge in [-0.1, -0.05) is 13.3 Å². The van der Waals surface area contributed by atoms with E-state index in [0.717, 1.165) is 24.9 Å². The maximum absolute atomic E-state index is 12.1. The van der Waals surface area contributed by atoms with E-state index in [9.17, 15) is 9.59 Å². The Morgan fingerprint density at radius 2 is 2.30 bits per heavy atom. The van der Waals surface area contributed by atoms with Gasteiger partial charge in [0.1, 0.15) is 11.5 Å². The number of hydrogen-bond acceptors (Lipinski definition) is 4. The Labute approximate surface area is 116 Å². The quantitative estimate of drug-likeness (QED) is 0.843. The van der Waals surface area contributed by atoms with Crippen LogP contribution >= 0.6 is 0 Å². The number of nitrogens with one attached hydrogen (secondary N) is 2. The van der Waals surface area contributed by atoms with Crippen molar-refractivity contribution >= 4 is 5.91 Å². The molecule has 0 saturated carbocycles. The van der Waals surface area contributed by atoms with Crippen LogP contribution in [0, 0.1) is 0 Å². The maximum Gasteiger partial charge on any atom is 0.271 e. The summed E-state index contributed by atoms with van der Waals surface area (Å²) in [6, 6.07) is -0.179. The number of nitrogens with zero attached hydrogens (tertiary/aromatic N) is 3. The molecule has 2 aromatic heterocycles. The topological polar surface area (TPSA) is 92.7 Å². The van der Waals surface area contributed by atoms with Crippen LogP contribution in [0.15, 0.2) is 29.6 Å². The summed E-state index contributed by atoms with van der Waals surface area (Å²) in [6.45, 7) is 2.04. The SMILES string of the molecule is CCC[C@H](NC(=O)c1c[nH]c(=O)cn1)c1nccn1C. The predicted molar refractivity (Wildman–Crippen MR) is 73.2 cm³/mol. The third kappa shape index (κ3) is 3.11. The Hall–Kier alpha value is -2.44. The van der Waals surface area contributed by atoms with Gasteiger partial charge in [-0.3, -0.25) is 9.59 Å². The standard InChI is InChI=1S/C13H17N5O2/c1-3-4-9(12-14-5-6-18(12)2)17-13(20)10-7-16-11(19)8-15-10/h5-9H,3-4H2,1-2H3,(H,16,19)(H,17,20)/t9-/m0/s1. The fraction of sp³-hybridized carbons (Fsp3) is 0.385. The number of amides is 1. The smallest absolute Gasteiger partial charge is 0.271 e. The van der Waals surface area contributed by atoms with Crippen molar-refractivity contribution < 1.29 is 4.79 Å². The van der Waals surface area contributed by atoms with Gasteiger partial charge in [-0.2, -0.15) is 0 Å². The van der Waals surface area contributed by atoms with Gasteiger partial charge in [-0.05, 0) is 6.42 Å². The molecule has 7 heteroatoms. The summed E-state index contributed by atoms with van der Waals surface area (Å²) in [5, 5.41) is 2.89. The average molecular weight is 275 g/mol. The van der Waals surface area contributed by atoms with E-state index in [1.54, 1.807) is 6.20 Å². The lowest BCUT2D eigenvalue weighted by Crippen LogP contribution is -2.31. The number of hydrogen-bond donors (Lipinski definition) is 2. The van der Waals surface area contributed by atoms with Gasteiger partial charge >= 0.3 is 0 Å². The fourth-order valence-electron chi connectivity index (χ4n) is 1.97. The van der Waals surface area contributed by atoms with Crippen LogP contribution in [0.1, 0.15) is 42.1 Å². The van der Waals surface area contributed by atoms with E-state index in [1.807, 2.05) is 24.7 Å². The van der Waals surface area contributed by atoms with Crippen molar-refractivity contribution in [3.8, 4) is 0 Å². The van der Waals surface area contributed by atoms with Gasteiger partial charge in [0.25, 0.3) is 11.5 Å². The van der Waals surface area contributed by atoms with Gasteiger partial charge in [0.05, 0.1) is 12.2 Å². The van der Waals surface area contributed by atoms with Gasteiger partial charge in [0.15, 0.2) is 0 Å². The first-order chi connectivity index (χ1) is 9.61. The lowest BCUT2D eigenvalue weighted by atomic mass is 10.1. The third-order valence-electron chi connectivity index (χ3n) is 2.96. The zero-order valence-corrected chi connectivity index (χ0v) is 11.5. The van der Waals surface area contributed by atoms with E-state index in [4.69, 9.17) is 0 Å². The first-order valence-corrected chi connectivity index (χ1v) is 6.44. The summed E-state index contributed by atoms with van der Waals surface area (Å²) in [6.07, 6.45) is 7.62. The maximum atomic E-state index is 12.1. The second kappa shape index (κ2) is 6.14. The Morgan fingerprint density at radius 1 is 1.50 bits per heavy atom. The molecule has 1 atom stereocenters. The van der Waals surface area contributed by atoms with Gasteiger partial charge < -0.3 is 14.9 Å². The molecule has 0 aliphatic heterocycles. The molecule has 2 rings (SSSR count). The molecule has 2 N–H and O–H groups in total. The highest BCUT2D eigenvalue weighted by molar-refractivity contribution is 5.92. The van der Waals surface area contributed by atoms with Gasteiger partial charge in [-0.25, -0.2) is 9.97 Å². The minimum absolute atomic E-state index is 0.179. The highest BCUT2D eigenvalue weighted by atomic mass is 16.2. The highest BCUT2D eigenvalue weighted by Crippen LogP contribution is 2.16. The number of H-pyrrole nitrogens is 1. The Morgan fingerprint density at radius 3 is 2.85 bits per heavy atom. The van der Waals surface area contributed by atoms with Crippen molar-refractivity contribution in [2.75, 3.05) is 0 Å². The van der Waals surface area contributed by atoms with Crippen LogP contribution in [0.3, 0.4) is 0 Å².